The van der Waals surface area contributed by atoms with Crippen molar-refractivity contribution in [2.75, 3.05) is 0 Å². The summed E-state index contributed by atoms with van der Waals surface area (Å²) in [7, 11) is 16.7. The Morgan fingerprint density at radius 1 is 0.750 bits per heavy atom. The van der Waals surface area contributed by atoms with Gasteiger partial charge in [-0.25, -0.2) is 0 Å². The quantitative estimate of drug-likeness (QED) is 0.162. The predicted octanol–water partition coefficient (Wildman–Crippen LogP) is 10.2. The third-order valence-corrected chi connectivity index (χ3v) is 59.6. The molecule has 199 valence electrons. The molecule has 0 heterocycles. The first kappa shape index (κ1) is 26.7. The van der Waals surface area contributed by atoms with E-state index in [2.05, 4.69) is 129 Å². The van der Waals surface area contributed by atoms with Gasteiger partial charge in [-0.3, -0.25) is 0 Å². The van der Waals surface area contributed by atoms with E-state index in [1.54, 1.807) is 0 Å². The summed E-state index contributed by atoms with van der Waals surface area (Å²) in [5.74, 6) is -1.56. The fourth-order valence-corrected chi connectivity index (χ4v) is 35.4. The van der Waals surface area contributed by atoms with Crippen LogP contribution in [0.5, 0.6) is 0 Å². The number of fused-ring (bicyclic) bond motifs is 5. The molecule has 0 saturated heterocycles. The molecular formula is C36H33Cl2SiZr. The van der Waals surface area contributed by atoms with E-state index < -0.39 is 21.5 Å². The fourth-order valence-electron chi connectivity index (χ4n) is 7.41. The topological polar surface area (TPSA) is 0 Å². The summed E-state index contributed by atoms with van der Waals surface area (Å²) in [6.45, 7) is 7.09. The van der Waals surface area contributed by atoms with Crippen LogP contribution in [0.2, 0.25) is 13.1 Å². The zero-order chi connectivity index (χ0) is 27.7. The van der Waals surface area contributed by atoms with E-state index in [0.717, 1.165) is 12.8 Å². The van der Waals surface area contributed by atoms with Crippen molar-refractivity contribution >= 4 is 43.1 Å². The van der Waals surface area contributed by atoms with Crippen molar-refractivity contribution in [3.05, 3.63) is 131 Å². The van der Waals surface area contributed by atoms with Gasteiger partial charge in [0.05, 0.1) is 0 Å². The first-order valence-electron chi connectivity index (χ1n) is 14.4. The van der Waals surface area contributed by atoms with Crippen LogP contribution < -0.4 is 3.27 Å². The molecule has 0 spiro atoms. The first-order valence-corrected chi connectivity index (χ1v) is 30.5. The normalized spacial score (nSPS) is 16.8. The number of allylic oxidation sites excluding steroid dienone is 1. The van der Waals surface area contributed by atoms with E-state index in [9.17, 15) is 0 Å². The summed E-state index contributed by atoms with van der Waals surface area (Å²) in [6.07, 6.45) is 4.32. The van der Waals surface area contributed by atoms with Gasteiger partial charge in [-0.2, -0.15) is 0 Å². The molecule has 0 N–H and O–H groups in total. The molecule has 5 aromatic carbocycles. The van der Waals surface area contributed by atoms with Crippen LogP contribution in [0.4, 0.5) is 0 Å². The van der Waals surface area contributed by atoms with Crippen molar-refractivity contribution < 1.29 is 15.6 Å². The third-order valence-electron chi connectivity index (χ3n) is 9.57. The van der Waals surface area contributed by atoms with Crippen LogP contribution in [0.15, 0.2) is 109 Å². The van der Waals surface area contributed by atoms with Crippen molar-refractivity contribution in [2.45, 2.75) is 36.5 Å². The van der Waals surface area contributed by atoms with Gasteiger partial charge in [0.25, 0.3) is 0 Å². The molecular weight excluding hydrogens is 623 g/mol. The molecule has 0 nitrogen and oxygen atoms in total. The second-order valence-corrected chi connectivity index (χ2v) is 53.3. The number of rotatable bonds is 5. The Morgan fingerprint density at radius 3 is 2.25 bits per heavy atom. The van der Waals surface area contributed by atoms with E-state index in [-0.39, 0.29) is 3.63 Å². The molecule has 0 aromatic heterocycles. The average molecular weight is 656 g/mol. The molecule has 1 atom stereocenters. The molecule has 4 heteroatoms. The summed E-state index contributed by atoms with van der Waals surface area (Å²) in [5.41, 5.74) is 12.0. The minimum absolute atomic E-state index is 0.104. The average Bonchev–Trinajstić information content (AvgIpc) is 3.56. The number of halogens is 2. The van der Waals surface area contributed by atoms with Crippen molar-refractivity contribution in [3.63, 3.8) is 0 Å². The van der Waals surface area contributed by atoms with Crippen LogP contribution in [-0.2, 0) is 22.0 Å². The Bertz CT molecular complexity index is 1850. The Kier molecular flexibility index (Phi) is 6.45. The van der Waals surface area contributed by atoms with Crippen LogP contribution in [-0.4, -0.2) is 5.92 Å². The van der Waals surface area contributed by atoms with E-state index in [0.29, 0.717) is 0 Å². The van der Waals surface area contributed by atoms with E-state index >= 15 is 0 Å². The zero-order valence-electron chi connectivity index (χ0n) is 23.2. The summed E-state index contributed by atoms with van der Waals surface area (Å²) in [5, 5.41) is 2.53. The molecule has 40 heavy (non-hydrogen) atoms. The Morgan fingerprint density at radius 2 is 1.45 bits per heavy atom. The fraction of sp³-hybridized carbons (Fsp3) is 0.167. The maximum absolute atomic E-state index is 8.36. The molecule has 5 aromatic rings. The van der Waals surface area contributed by atoms with Crippen molar-refractivity contribution in [1.82, 2.24) is 0 Å². The molecule has 2 aliphatic rings. The molecule has 7 rings (SSSR count). The van der Waals surface area contributed by atoms with Crippen LogP contribution in [0.25, 0.3) is 39.1 Å². The summed E-state index contributed by atoms with van der Waals surface area (Å²) in [4.78, 5) is 0. The molecule has 0 fully saturated rings. The Balaban J connectivity index is 1.45. The van der Waals surface area contributed by atoms with Gasteiger partial charge >= 0.3 is 248 Å². The van der Waals surface area contributed by atoms with E-state index in [4.69, 9.17) is 17.0 Å². The number of hydrogen-bond acceptors (Lipinski definition) is 0. The van der Waals surface area contributed by atoms with Crippen LogP contribution in [0, 0.1) is 0 Å². The molecule has 0 amide bonds. The van der Waals surface area contributed by atoms with E-state index in [1.165, 1.54) is 64.1 Å². The minimum atomic E-state index is -4.70. The Hall–Kier alpha value is -2.22. The molecule has 0 aliphatic heterocycles. The summed E-state index contributed by atoms with van der Waals surface area (Å²) in [6, 6.07) is 37.8. The zero-order valence-corrected chi connectivity index (χ0v) is 28.3. The SMILES string of the molecule is CCC1=Cc2c(-c3ccc4ccccc4c3)cccc2[CH]1[Zr]([Cl])([Cl])([c]1cccc2c1Cc1ccccc1-2)[SiH](C)C. The van der Waals surface area contributed by atoms with Crippen LogP contribution in [0.1, 0.15) is 39.2 Å². The van der Waals surface area contributed by atoms with Crippen molar-refractivity contribution in [2.24, 2.45) is 0 Å². The molecule has 2 aliphatic carbocycles. The number of benzene rings is 5. The van der Waals surface area contributed by atoms with Gasteiger partial charge in [0, 0.05) is 0 Å². The van der Waals surface area contributed by atoms with Crippen LogP contribution >= 0.6 is 17.0 Å². The molecule has 1 unspecified atom stereocenters. The van der Waals surface area contributed by atoms with Crippen LogP contribution in [0.3, 0.4) is 0 Å². The third kappa shape index (κ3) is 3.80. The molecule has 0 saturated carbocycles. The van der Waals surface area contributed by atoms with Gasteiger partial charge in [-0.1, -0.05) is 0 Å². The standard InChI is InChI=1S/C21H17.C13H9.C2H7Si.2ClH.Zr/c1-2-15-12-18-8-5-9-20(21(18)13-15)19-11-10-16-6-3-4-7-17(16)14-19;1-3-7-12-10(5-1)9-11-6-2-4-8-13(11)12;1-3-2;;;/h3-14H,2H2,1H3;1-5,7-8H,9H2;3H,1-2H3;2*1H;/q;;;;;+2/p-2. The van der Waals surface area contributed by atoms with Gasteiger partial charge in [-0.15, -0.1) is 0 Å². The van der Waals surface area contributed by atoms with Gasteiger partial charge in [0.2, 0.25) is 0 Å². The predicted molar refractivity (Wildman–Crippen MR) is 175 cm³/mol. The molecule has 0 bridgehead atoms. The maximum atomic E-state index is 8.36. The van der Waals surface area contributed by atoms with Crippen molar-refractivity contribution in [3.8, 4) is 22.3 Å². The first-order chi connectivity index (χ1) is 19.3. The summed E-state index contributed by atoms with van der Waals surface area (Å²) < 4.78 is 1.42. The Labute approximate surface area is 246 Å². The summed E-state index contributed by atoms with van der Waals surface area (Å²) >= 11 is -4.70. The second-order valence-electron chi connectivity index (χ2n) is 11.8. The van der Waals surface area contributed by atoms with Gasteiger partial charge in [-0.05, 0) is 0 Å². The van der Waals surface area contributed by atoms with Gasteiger partial charge in [0.1, 0.15) is 0 Å². The van der Waals surface area contributed by atoms with Gasteiger partial charge in [0.15, 0.2) is 0 Å². The monoisotopic (exact) mass is 653 g/mol. The van der Waals surface area contributed by atoms with Gasteiger partial charge < -0.3 is 0 Å². The second kappa shape index (κ2) is 9.67. The molecule has 0 radical (unpaired) electrons. The van der Waals surface area contributed by atoms with E-state index in [1.807, 2.05) is 0 Å². The number of hydrogen-bond donors (Lipinski definition) is 0. The van der Waals surface area contributed by atoms with Crippen molar-refractivity contribution in [1.29, 1.82) is 0 Å².